The number of thiophene rings is 1. The number of hydrogen-bond donors (Lipinski definition) is 2. The Hall–Kier alpha value is -2.53. The molecule has 0 aliphatic heterocycles. The molecular weight excluding hydrogens is 284 g/mol. The van der Waals surface area contributed by atoms with Crippen molar-refractivity contribution in [2.24, 2.45) is 0 Å². The minimum atomic E-state index is -0.193. The molecule has 0 fully saturated rings. The molecule has 1 aromatic heterocycles. The first-order valence-electron chi connectivity index (χ1n) is 6.46. The highest BCUT2D eigenvalue weighted by molar-refractivity contribution is 7.17. The van der Waals surface area contributed by atoms with Gasteiger partial charge in [-0.25, -0.2) is 0 Å². The van der Waals surface area contributed by atoms with Crippen molar-refractivity contribution in [1.82, 2.24) is 0 Å². The van der Waals surface area contributed by atoms with Gasteiger partial charge >= 0.3 is 0 Å². The fourth-order valence-electron chi connectivity index (χ4n) is 1.95. The minimum absolute atomic E-state index is 0.0361. The molecule has 106 valence electrons. The summed E-state index contributed by atoms with van der Waals surface area (Å²) < 4.78 is 6.60. The SMILES string of the molecule is Nc1ccc(OCC(=O)Nc2ccc3sccc3c2)cc1. The zero-order valence-corrected chi connectivity index (χ0v) is 12.0. The Morgan fingerprint density at radius 1 is 1.14 bits per heavy atom. The van der Waals surface area contributed by atoms with Gasteiger partial charge in [-0.15, -0.1) is 11.3 Å². The van der Waals surface area contributed by atoms with Gasteiger partial charge in [-0.2, -0.15) is 0 Å². The normalized spacial score (nSPS) is 10.5. The van der Waals surface area contributed by atoms with Crippen LogP contribution in [0.1, 0.15) is 0 Å². The highest BCUT2D eigenvalue weighted by atomic mass is 32.1. The number of nitrogen functional groups attached to an aromatic ring is 1. The Morgan fingerprint density at radius 3 is 2.76 bits per heavy atom. The fourth-order valence-corrected chi connectivity index (χ4v) is 2.73. The first-order chi connectivity index (χ1) is 10.2. The van der Waals surface area contributed by atoms with Crippen LogP contribution in [-0.4, -0.2) is 12.5 Å². The van der Waals surface area contributed by atoms with Gasteiger partial charge in [-0.1, -0.05) is 0 Å². The number of carbonyl (C=O) groups excluding carboxylic acids is 1. The Morgan fingerprint density at radius 2 is 1.95 bits per heavy atom. The monoisotopic (exact) mass is 298 g/mol. The lowest BCUT2D eigenvalue weighted by Crippen LogP contribution is -2.20. The second-order valence-corrected chi connectivity index (χ2v) is 5.53. The molecule has 1 heterocycles. The van der Waals surface area contributed by atoms with Crippen LogP contribution in [0.15, 0.2) is 53.9 Å². The lowest BCUT2D eigenvalue weighted by atomic mass is 10.2. The molecule has 3 rings (SSSR count). The van der Waals surface area contributed by atoms with Crippen molar-refractivity contribution in [2.75, 3.05) is 17.7 Å². The van der Waals surface area contributed by atoms with Crippen molar-refractivity contribution in [3.8, 4) is 5.75 Å². The predicted molar refractivity (Wildman–Crippen MR) is 86.8 cm³/mol. The van der Waals surface area contributed by atoms with Crippen molar-refractivity contribution in [3.05, 3.63) is 53.9 Å². The van der Waals surface area contributed by atoms with Crippen molar-refractivity contribution >= 4 is 38.7 Å². The van der Waals surface area contributed by atoms with Crippen LogP contribution in [0.2, 0.25) is 0 Å². The molecule has 0 radical (unpaired) electrons. The average Bonchev–Trinajstić information content (AvgIpc) is 2.94. The van der Waals surface area contributed by atoms with E-state index in [0.29, 0.717) is 11.4 Å². The number of hydrogen-bond acceptors (Lipinski definition) is 4. The van der Waals surface area contributed by atoms with E-state index >= 15 is 0 Å². The molecule has 0 atom stereocenters. The van der Waals surface area contributed by atoms with Crippen molar-refractivity contribution < 1.29 is 9.53 Å². The van der Waals surface area contributed by atoms with Crippen molar-refractivity contribution in [1.29, 1.82) is 0 Å². The Kier molecular flexibility index (Phi) is 3.75. The quantitative estimate of drug-likeness (QED) is 0.725. The van der Waals surface area contributed by atoms with Gasteiger partial charge in [0, 0.05) is 16.1 Å². The summed E-state index contributed by atoms with van der Waals surface area (Å²) in [6, 6.07) is 14.8. The van der Waals surface area contributed by atoms with Gasteiger partial charge in [0.25, 0.3) is 5.91 Å². The molecule has 5 heteroatoms. The maximum absolute atomic E-state index is 11.9. The molecule has 0 aliphatic rings. The topological polar surface area (TPSA) is 64.3 Å². The fraction of sp³-hybridized carbons (Fsp3) is 0.0625. The lowest BCUT2D eigenvalue weighted by Gasteiger charge is -2.08. The predicted octanol–water partition coefficient (Wildman–Crippen LogP) is 3.50. The molecule has 1 amide bonds. The smallest absolute Gasteiger partial charge is 0.262 e. The maximum atomic E-state index is 11.9. The summed E-state index contributed by atoms with van der Waals surface area (Å²) >= 11 is 1.68. The summed E-state index contributed by atoms with van der Waals surface area (Å²) in [5.74, 6) is 0.425. The molecule has 3 aromatic rings. The summed E-state index contributed by atoms with van der Waals surface area (Å²) in [5.41, 5.74) is 7.02. The van der Waals surface area contributed by atoms with Crippen LogP contribution in [0.3, 0.4) is 0 Å². The first-order valence-corrected chi connectivity index (χ1v) is 7.34. The van der Waals surface area contributed by atoms with Crippen LogP contribution in [0.25, 0.3) is 10.1 Å². The Balaban J connectivity index is 1.59. The molecule has 0 saturated carbocycles. The molecule has 21 heavy (non-hydrogen) atoms. The van der Waals surface area contributed by atoms with E-state index in [9.17, 15) is 4.79 Å². The highest BCUT2D eigenvalue weighted by Gasteiger charge is 2.05. The van der Waals surface area contributed by atoms with Crippen LogP contribution in [0.5, 0.6) is 5.75 Å². The zero-order chi connectivity index (χ0) is 14.7. The molecule has 0 unspecified atom stereocenters. The molecule has 2 aromatic carbocycles. The van der Waals surface area contributed by atoms with E-state index in [1.54, 1.807) is 35.6 Å². The maximum Gasteiger partial charge on any atom is 0.262 e. The molecule has 3 N–H and O–H groups in total. The third kappa shape index (κ3) is 3.32. The van der Waals surface area contributed by atoms with E-state index < -0.39 is 0 Å². The molecule has 0 aliphatic carbocycles. The van der Waals surface area contributed by atoms with E-state index in [2.05, 4.69) is 5.32 Å². The third-order valence-electron chi connectivity index (χ3n) is 2.99. The Labute approximate surface area is 126 Å². The molecule has 0 spiro atoms. The van der Waals surface area contributed by atoms with Gasteiger partial charge < -0.3 is 15.8 Å². The highest BCUT2D eigenvalue weighted by Crippen LogP contribution is 2.24. The minimum Gasteiger partial charge on any atom is -0.484 e. The summed E-state index contributed by atoms with van der Waals surface area (Å²) in [5, 5.41) is 5.97. The van der Waals surface area contributed by atoms with Crippen molar-refractivity contribution in [2.45, 2.75) is 0 Å². The molecular formula is C16H14N2O2S. The number of benzene rings is 2. The number of fused-ring (bicyclic) bond motifs is 1. The number of amides is 1. The van der Waals surface area contributed by atoms with E-state index in [1.807, 2.05) is 29.6 Å². The number of carbonyl (C=O) groups is 1. The van der Waals surface area contributed by atoms with Crippen LogP contribution < -0.4 is 15.8 Å². The summed E-state index contributed by atoms with van der Waals surface area (Å²) in [4.78, 5) is 11.9. The van der Waals surface area contributed by atoms with Crippen LogP contribution in [0, 0.1) is 0 Å². The largest absolute Gasteiger partial charge is 0.484 e. The lowest BCUT2D eigenvalue weighted by molar-refractivity contribution is -0.118. The number of nitrogens with one attached hydrogen (secondary N) is 1. The van der Waals surface area contributed by atoms with Gasteiger partial charge in [0.05, 0.1) is 0 Å². The second-order valence-electron chi connectivity index (χ2n) is 4.58. The van der Waals surface area contributed by atoms with Crippen LogP contribution in [-0.2, 0) is 4.79 Å². The average molecular weight is 298 g/mol. The summed E-state index contributed by atoms with van der Waals surface area (Å²) in [6.45, 7) is -0.0361. The van der Waals surface area contributed by atoms with E-state index in [0.717, 1.165) is 11.1 Å². The van der Waals surface area contributed by atoms with Crippen molar-refractivity contribution in [3.63, 3.8) is 0 Å². The van der Waals surface area contributed by atoms with Crippen LogP contribution in [0.4, 0.5) is 11.4 Å². The van der Waals surface area contributed by atoms with Gasteiger partial charge in [0.2, 0.25) is 0 Å². The van der Waals surface area contributed by atoms with Gasteiger partial charge in [-0.3, -0.25) is 4.79 Å². The number of ether oxygens (including phenoxy) is 1. The number of nitrogens with two attached hydrogens (primary N) is 1. The van der Waals surface area contributed by atoms with E-state index in [-0.39, 0.29) is 12.5 Å². The summed E-state index contributed by atoms with van der Waals surface area (Å²) in [6.07, 6.45) is 0. The molecule has 0 bridgehead atoms. The van der Waals surface area contributed by atoms with Crippen LogP contribution >= 0.6 is 11.3 Å². The Bertz CT molecular complexity index is 765. The zero-order valence-electron chi connectivity index (χ0n) is 11.2. The number of rotatable bonds is 4. The van der Waals surface area contributed by atoms with Gasteiger partial charge in [-0.05, 0) is 59.3 Å². The molecule has 4 nitrogen and oxygen atoms in total. The summed E-state index contributed by atoms with van der Waals surface area (Å²) in [7, 11) is 0. The third-order valence-corrected chi connectivity index (χ3v) is 3.88. The second kappa shape index (κ2) is 5.85. The standard InChI is InChI=1S/C16H14N2O2S/c17-12-1-4-14(5-2-12)20-10-16(19)18-13-3-6-15-11(9-13)7-8-21-15/h1-9H,10,17H2,(H,18,19). The number of anilines is 2. The van der Waals surface area contributed by atoms with Gasteiger partial charge in [0.15, 0.2) is 6.61 Å². The van der Waals surface area contributed by atoms with Gasteiger partial charge in [0.1, 0.15) is 5.75 Å². The molecule has 0 saturated heterocycles. The first kappa shape index (κ1) is 13.5. The van der Waals surface area contributed by atoms with E-state index in [1.165, 1.54) is 4.70 Å². The van der Waals surface area contributed by atoms with E-state index in [4.69, 9.17) is 10.5 Å².